The van der Waals surface area contributed by atoms with Crippen LogP contribution in [0.5, 0.6) is 0 Å². The molecule has 2 heterocycles. The van der Waals surface area contributed by atoms with Crippen molar-refractivity contribution in [2.75, 3.05) is 5.75 Å². The molecule has 0 saturated heterocycles. The number of ketones is 1. The van der Waals surface area contributed by atoms with Crippen molar-refractivity contribution in [2.24, 2.45) is 0 Å². The van der Waals surface area contributed by atoms with E-state index < -0.39 is 0 Å². The first-order valence-electron chi connectivity index (χ1n) is 8.52. The number of halogens is 1. The zero-order valence-corrected chi connectivity index (χ0v) is 17.1. The maximum atomic E-state index is 12.7. The minimum atomic E-state index is 0.0694. The number of aryl methyl sites for hydroxylation is 2. The molecule has 1 aromatic carbocycles. The van der Waals surface area contributed by atoms with Crippen LogP contribution >= 0.6 is 23.4 Å². The molecule has 27 heavy (non-hydrogen) atoms. The number of hydrogen-bond donors (Lipinski definition) is 0. The number of nitrogens with zero attached hydrogens (tertiary/aromatic N) is 4. The van der Waals surface area contributed by atoms with Crippen LogP contribution in [0.1, 0.15) is 27.3 Å². The Balaban J connectivity index is 1.77. The molecule has 2 aromatic heterocycles. The van der Waals surface area contributed by atoms with Crippen LogP contribution in [0.25, 0.3) is 5.69 Å². The summed E-state index contributed by atoms with van der Waals surface area (Å²) in [5.41, 5.74) is 4.64. The quantitative estimate of drug-likeness (QED) is 0.324. The van der Waals surface area contributed by atoms with Crippen molar-refractivity contribution in [3.05, 3.63) is 70.8 Å². The van der Waals surface area contributed by atoms with Gasteiger partial charge in [-0.15, -0.1) is 16.8 Å². The highest BCUT2D eigenvalue weighted by molar-refractivity contribution is 7.99. The molecule has 0 fully saturated rings. The first kappa shape index (κ1) is 19.5. The van der Waals surface area contributed by atoms with Crippen molar-refractivity contribution in [1.29, 1.82) is 0 Å². The Bertz CT molecular complexity index is 1010. The van der Waals surface area contributed by atoms with Crippen LogP contribution in [0.15, 0.2) is 48.4 Å². The second kappa shape index (κ2) is 8.15. The van der Waals surface area contributed by atoms with Crippen molar-refractivity contribution >= 4 is 29.1 Å². The van der Waals surface area contributed by atoms with E-state index in [1.807, 2.05) is 55.7 Å². The number of allylic oxidation sites excluding steroid dienone is 1. The highest BCUT2D eigenvalue weighted by atomic mass is 35.5. The predicted octanol–water partition coefficient (Wildman–Crippen LogP) is 4.81. The number of carbonyl (C=O) groups excluding carboxylic acids is 1. The van der Waals surface area contributed by atoms with Gasteiger partial charge in [0.15, 0.2) is 10.9 Å². The normalized spacial score (nSPS) is 11.0. The summed E-state index contributed by atoms with van der Waals surface area (Å²) < 4.78 is 3.92. The van der Waals surface area contributed by atoms with E-state index in [1.165, 1.54) is 11.8 Å². The molecule has 0 saturated carbocycles. The smallest absolute Gasteiger partial charge is 0.196 e. The third-order valence-electron chi connectivity index (χ3n) is 4.47. The van der Waals surface area contributed by atoms with Gasteiger partial charge in [-0.1, -0.05) is 35.5 Å². The fourth-order valence-electron chi connectivity index (χ4n) is 2.93. The van der Waals surface area contributed by atoms with Gasteiger partial charge in [0.25, 0.3) is 0 Å². The van der Waals surface area contributed by atoms with E-state index in [4.69, 9.17) is 11.6 Å². The number of carbonyl (C=O) groups is 1. The summed E-state index contributed by atoms with van der Waals surface area (Å²) in [7, 11) is 0. The molecule has 3 rings (SSSR count). The molecular weight excluding hydrogens is 380 g/mol. The van der Waals surface area contributed by atoms with E-state index in [0.717, 1.165) is 28.2 Å². The zero-order chi connectivity index (χ0) is 19.6. The fourth-order valence-corrected chi connectivity index (χ4v) is 3.92. The lowest BCUT2D eigenvalue weighted by atomic mass is 10.2. The summed E-state index contributed by atoms with van der Waals surface area (Å²) in [5, 5.41) is 9.47. The van der Waals surface area contributed by atoms with Gasteiger partial charge in [0.2, 0.25) is 0 Å². The molecule has 7 heteroatoms. The van der Waals surface area contributed by atoms with Crippen molar-refractivity contribution in [1.82, 2.24) is 19.3 Å². The lowest BCUT2D eigenvalue weighted by Gasteiger charge is -2.08. The molecule has 0 N–H and O–H groups in total. The molecule has 0 bridgehead atoms. The van der Waals surface area contributed by atoms with E-state index in [-0.39, 0.29) is 11.5 Å². The third kappa shape index (κ3) is 4.01. The SMILES string of the molecule is C=CCn1c(C)cc(C(=O)CSc2nncn2-c2ccc(C)c(Cl)c2)c1C. The van der Waals surface area contributed by atoms with Crippen LogP contribution < -0.4 is 0 Å². The molecule has 0 unspecified atom stereocenters. The molecule has 0 radical (unpaired) electrons. The monoisotopic (exact) mass is 400 g/mol. The van der Waals surface area contributed by atoms with Crippen molar-refractivity contribution in [3.8, 4) is 5.69 Å². The first-order chi connectivity index (χ1) is 12.9. The first-order valence-corrected chi connectivity index (χ1v) is 9.89. The summed E-state index contributed by atoms with van der Waals surface area (Å²) in [4.78, 5) is 12.7. The molecule has 0 atom stereocenters. The predicted molar refractivity (Wildman–Crippen MR) is 110 cm³/mol. The Labute approximate surface area is 168 Å². The number of aromatic nitrogens is 4. The Morgan fingerprint density at radius 1 is 1.30 bits per heavy atom. The van der Waals surface area contributed by atoms with Crippen LogP contribution in [0.3, 0.4) is 0 Å². The second-order valence-electron chi connectivity index (χ2n) is 6.31. The largest absolute Gasteiger partial charge is 0.345 e. The number of rotatable bonds is 7. The van der Waals surface area contributed by atoms with Crippen molar-refractivity contribution in [3.63, 3.8) is 0 Å². The van der Waals surface area contributed by atoms with Gasteiger partial charge >= 0.3 is 0 Å². The summed E-state index contributed by atoms with van der Waals surface area (Å²) in [6, 6.07) is 7.71. The lowest BCUT2D eigenvalue weighted by Crippen LogP contribution is -2.07. The molecule has 3 aromatic rings. The van der Waals surface area contributed by atoms with Gasteiger partial charge in [-0.05, 0) is 44.5 Å². The van der Waals surface area contributed by atoms with E-state index >= 15 is 0 Å². The summed E-state index contributed by atoms with van der Waals surface area (Å²) >= 11 is 7.59. The Kier molecular flexibility index (Phi) is 5.87. The van der Waals surface area contributed by atoms with Gasteiger partial charge in [0.1, 0.15) is 6.33 Å². The maximum Gasteiger partial charge on any atom is 0.196 e. The Morgan fingerprint density at radius 2 is 2.07 bits per heavy atom. The molecule has 140 valence electrons. The van der Waals surface area contributed by atoms with E-state index in [2.05, 4.69) is 21.3 Å². The third-order valence-corrected chi connectivity index (χ3v) is 5.82. The minimum Gasteiger partial charge on any atom is -0.345 e. The van der Waals surface area contributed by atoms with Crippen LogP contribution in [0.4, 0.5) is 0 Å². The fraction of sp³-hybridized carbons (Fsp3) is 0.250. The summed E-state index contributed by atoms with van der Waals surface area (Å²) in [6.45, 7) is 10.4. The highest BCUT2D eigenvalue weighted by Gasteiger charge is 2.17. The number of benzene rings is 1. The molecule has 0 spiro atoms. The summed E-state index contributed by atoms with van der Waals surface area (Å²) in [6.07, 6.45) is 3.46. The van der Waals surface area contributed by atoms with E-state index in [1.54, 1.807) is 6.33 Å². The topological polar surface area (TPSA) is 52.7 Å². The van der Waals surface area contributed by atoms with Gasteiger partial charge in [-0.2, -0.15) is 0 Å². The maximum absolute atomic E-state index is 12.7. The van der Waals surface area contributed by atoms with Crippen molar-refractivity contribution in [2.45, 2.75) is 32.5 Å². The van der Waals surface area contributed by atoms with E-state index in [0.29, 0.717) is 16.7 Å². The van der Waals surface area contributed by atoms with Crippen LogP contribution in [-0.4, -0.2) is 30.9 Å². The Morgan fingerprint density at radius 3 is 2.78 bits per heavy atom. The Hall–Kier alpha value is -2.31. The molecular formula is C20H21ClN4OS. The average molecular weight is 401 g/mol. The standard InChI is InChI=1S/C20H21ClN4OS/c1-5-8-24-14(3)9-17(15(24)4)19(26)11-27-20-23-22-12-25(20)16-7-6-13(2)18(21)10-16/h5-7,9-10,12H,1,8,11H2,2-4H3. The lowest BCUT2D eigenvalue weighted by molar-refractivity contribution is 0.102. The number of Topliss-reactive ketones (excluding diaryl/α,β-unsaturated/α-hetero) is 1. The molecule has 5 nitrogen and oxygen atoms in total. The van der Waals surface area contributed by atoms with Gasteiger partial charge in [0, 0.05) is 28.5 Å². The van der Waals surface area contributed by atoms with Crippen LogP contribution in [0, 0.1) is 20.8 Å². The molecule has 0 aliphatic carbocycles. The van der Waals surface area contributed by atoms with Gasteiger partial charge in [-0.3, -0.25) is 9.36 Å². The number of hydrogen-bond acceptors (Lipinski definition) is 4. The molecule has 0 aliphatic heterocycles. The summed E-state index contributed by atoms with van der Waals surface area (Å²) in [5.74, 6) is 0.358. The zero-order valence-electron chi connectivity index (χ0n) is 15.6. The second-order valence-corrected chi connectivity index (χ2v) is 7.66. The minimum absolute atomic E-state index is 0.0694. The van der Waals surface area contributed by atoms with Gasteiger partial charge in [0.05, 0.1) is 11.4 Å². The van der Waals surface area contributed by atoms with Crippen LogP contribution in [-0.2, 0) is 6.54 Å². The average Bonchev–Trinajstić information content (AvgIpc) is 3.22. The van der Waals surface area contributed by atoms with E-state index in [9.17, 15) is 4.79 Å². The molecule has 0 aliphatic rings. The van der Waals surface area contributed by atoms with Gasteiger partial charge < -0.3 is 4.57 Å². The van der Waals surface area contributed by atoms with Crippen molar-refractivity contribution < 1.29 is 4.79 Å². The molecule has 0 amide bonds. The van der Waals surface area contributed by atoms with Gasteiger partial charge in [-0.25, -0.2) is 0 Å². The number of thioether (sulfide) groups is 1. The highest BCUT2D eigenvalue weighted by Crippen LogP contribution is 2.25. The van der Waals surface area contributed by atoms with Crippen LogP contribution in [0.2, 0.25) is 5.02 Å².